The lowest BCUT2D eigenvalue weighted by Crippen LogP contribution is -2.43. The molecule has 0 saturated carbocycles. The van der Waals surface area contributed by atoms with Crippen molar-refractivity contribution in [2.45, 2.75) is 33.6 Å². The minimum absolute atomic E-state index is 0.253. The Morgan fingerprint density at radius 3 is 1.24 bits per heavy atom. The first-order chi connectivity index (χ1) is 17.7. The van der Waals surface area contributed by atoms with Crippen LogP contribution >= 0.6 is 0 Å². The molecule has 0 heterocycles. The first kappa shape index (κ1) is 36.6. The molecule has 0 aromatic rings. The number of hydrogen-bond acceptors (Lipinski definition) is 7. The van der Waals surface area contributed by atoms with Crippen LogP contribution in [0.15, 0.2) is 38.0 Å². The van der Waals surface area contributed by atoms with Crippen LogP contribution in [0.2, 0.25) is 0 Å². The van der Waals surface area contributed by atoms with Crippen molar-refractivity contribution in [2.75, 3.05) is 73.0 Å². The van der Waals surface area contributed by atoms with Gasteiger partial charge in [-0.25, -0.2) is 0 Å². The Morgan fingerprint density at radius 1 is 0.703 bits per heavy atom. The second-order valence-corrected chi connectivity index (χ2v) is 8.50. The van der Waals surface area contributed by atoms with Gasteiger partial charge in [0.05, 0.1) is 51.7 Å². The number of nitrogens with one attached hydrogen (secondary N) is 3. The first-order valence-corrected chi connectivity index (χ1v) is 12.7. The van der Waals surface area contributed by atoms with Gasteiger partial charge in [0, 0.05) is 26.7 Å². The average molecular weight is 528 g/mol. The Kier molecular flexibility index (Phi) is 24.9. The van der Waals surface area contributed by atoms with Crippen molar-refractivity contribution in [3.8, 4) is 0 Å². The van der Waals surface area contributed by atoms with E-state index >= 15 is 0 Å². The molecule has 10 heteroatoms. The zero-order chi connectivity index (χ0) is 28.4. The third-order valence-corrected chi connectivity index (χ3v) is 5.26. The molecule has 3 amide bonds. The van der Waals surface area contributed by atoms with E-state index in [-0.39, 0.29) is 57.4 Å². The molecule has 37 heavy (non-hydrogen) atoms. The molecule has 0 unspecified atom stereocenters. The fourth-order valence-corrected chi connectivity index (χ4v) is 2.67. The van der Waals surface area contributed by atoms with Crippen LogP contribution in [0.5, 0.6) is 0 Å². The van der Waals surface area contributed by atoms with E-state index in [2.05, 4.69) is 56.5 Å². The van der Waals surface area contributed by atoms with E-state index in [0.29, 0.717) is 26.2 Å². The summed E-state index contributed by atoms with van der Waals surface area (Å²) in [6, 6.07) is 0. The Labute approximate surface area is 223 Å². The predicted octanol–water partition coefficient (Wildman–Crippen LogP) is 2.02. The average Bonchev–Trinajstić information content (AvgIpc) is 2.91. The molecule has 0 radical (unpaired) electrons. The number of methoxy groups -OCH3 is 1. The van der Waals surface area contributed by atoms with Crippen molar-refractivity contribution in [1.29, 1.82) is 0 Å². The van der Waals surface area contributed by atoms with E-state index in [1.165, 1.54) is 31.1 Å². The number of ether oxygens (including phenoxy) is 4. The predicted molar refractivity (Wildman–Crippen MR) is 146 cm³/mol. The summed E-state index contributed by atoms with van der Waals surface area (Å²) in [7, 11) is 1.56. The summed E-state index contributed by atoms with van der Waals surface area (Å²) in [5.74, 6) is 0.106. The highest BCUT2D eigenvalue weighted by atomic mass is 16.5. The summed E-state index contributed by atoms with van der Waals surface area (Å²) in [6.45, 7) is 19.8. The fraction of sp³-hybridized carbons (Fsp3) is 0.667. The molecule has 0 spiro atoms. The molecule has 0 fully saturated rings. The maximum atomic E-state index is 11.2. The summed E-state index contributed by atoms with van der Waals surface area (Å²) >= 11 is 0. The molecule has 0 aliphatic carbocycles. The lowest BCUT2D eigenvalue weighted by Gasteiger charge is -2.32. The van der Waals surface area contributed by atoms with E-state index in [9.17, 15) is 14.4 Å². The molecule has 0 saturated heterocycles. The number of carbonyl (C=O) groups excluding carboxylic acids is 3. The Hall–Kier alpha value is -2.53. The minimum atomic E-state index is -0.623. The van der Waals surface area contributed by atoms with Crippen LogP contribution in [-0.4, -0.2) is 90.7 Å². The maximum absolute atomic E-state index is 11.2. The van der Waals surface area contributed by atoms with Crippen LogP contribution in [-0.2, 0) is 33.3 Å². The number of rotatable bonds is 22. The van der Waals surface area contributed by atoms with Crippen molar-refractivity contribution < 1.29 is 33.3 Å². The standard InChI is InChI=1S/C21H35N3O7.C6H14/c1-5-18(25)22-8-11-29-15-21(14-28-4,16-30-12-9-23-19(26)6-2)17-31-13-10-24-20(27)7-3;1-4-6(3)5-2/h5-7H,1-3,8-17H2,4H3,(H,22,25)(H,23,26)(H,24,27);6H,4-5H2,1-3H3. The molecule has 0 rings (SSSR count). The highest BCUT2D eigenvalue weighted by Gasteiger charge is 2.32. The lowest BCUT2D eigenvalue weighted by molar-refractivity contribution is -0.117. The molecule has 3 N–H and O–H groups in total. The van der Waals surface area contributed by atoms with Gasteiger partial charge in [0.1, 0.15) is 0 Å². The zero-order valence-corrected chi connectivity index (χ0v) is 23.3. The highest BCUT2D eigenvalue weighted by Crippen LogP contribution is 2.20. The third kappa shape index (κ3) is 22.4. The molecule has 0 aliphatic heterocycles. The topological polar surface area (TPSA) is 124 Å². The minimum Gasteiger partial charge on any atom is -0.384 e. The molecule has 0 aromatic heterocycles. The van der Waals surface area contributed by atoms with Crippen molar-refractivity contribution in [2.24, 2.45) is 11.3 Å². The number of amides is 3. The molecule has 0 atom stereocenters. The normalized spacial score (nSPS) is 10.6. The number of hydrogen-bond donors (Lipinski definition) is 3. The van der Waals surface area contributed by atoms with E-state index in [1.807, 2.05) is 0 Å². The van der Waals surface area contributed by atoms with Gasteiger partial charge in [-0.3, -0.25) is 14.4 Å². The van der Waals surface area contributed by atoms with Crippen molar-refractivity contribution in [3.05, 3.63) is 38.0 Å². The summed E-state index contributed by atoms with van der Waals surface area (Å²) < 4.78 is 22.5. The van der Waals surface area contributed by atoms with E-state index in [1.54, 1.807) is 7.11 Å². The van der Waals surface area contributed by atoms with Gasteiger partial charge in [-0.05, 0) is 24.1 Å². The molecule has 10 nitrogen and oxygen atoms in total. The largest absolute Gasteiger partial charge is 0.384 e. The highest BCUT2D eigenvalue weighted by molar-refractivity contribution is 5.87. The monoisotopic (exact) mass is 527 g/mol. The molecule has 0 aliphatic rings. The van der Waals surface area contributed by atoms with Gasteiger partial charge in [-0.15, -0.1) is 0 Å². The Balaban J connectivity index is 0. The second-order valence-electron chi connectivity index (χ2n) is 8.50. The van der Waals surface area contributed by atoms with Gasteiger partial charge >= 0.3 is 0 Å². The lowest BCUT2D eigenvalue weighted by atomic mass is 9.92. The molecule has 0 bridgehead atoms. The quantitative estimate of drug-likeness (QED) is 0.145. The third-order valence-electron chi connectivity index (χ3n) is 5.26. The van der Waals surface area contributed by atoms with Gasteiger partial charge in [0.25, 0.3) is 0 Å². The molecular weight excluding hydrogens is 478 g/mol. The maximum Gasteiger partial charge on any atom is 0.243 e. The molecular formula is C27H49N3O7. The summed E-state index contributed by atoms with van der Waals surface area (Å²) in [4.78, 5) is 33.6. The van der Waals surface area contributed by atoms with Gasteiger partial charge < -0.3 is 34.9 Å². The smallest absolute Gasteiger partial charge is 0.243 e. The van der Waals surface area contributed by atoms with Crippen LogP contribution in [0.4, 0.5) is 0 Å². The van der Waals surface area contributed by atoms with Crippen molar-refractivity contribution >= 4 is 17.7 Å². The van der Waals surface area contributed by atoms with E-state index in [4.69, 9.17) is 18.9 Å². The molecule has 214 valence electrons. The zero-order valence-electron chi connectivity index (χ0n) is 23.3. The van der Waals surface area contributed by atoms with E-state index in [0.717, 1.165) is 5.92 Å². The van der Waals surface area contributed by atoms with Gasteiger partial charge in [-0.2, -0.15) is 0 Å². The van der Waals surface area contributed by atoms with Crippen LogP contribution in [0, 0.1) is 11.3 Å². The molecule has 0 aromatic carbocycles. The van der Waals surface area contributed by atoms with Gasteiger partial charge in [-0.1, -0.05) is 53.3 Å². The van der Waals surface area contributed by atoms with Crippen LogP contribution < -0.4 is 16.0 Å². The Morgan fingerprint density at radius 2 is 1.03 bits per heavy atom. The summed E-state index contributed by atoms with van der Waals surface area (Å²) in [5, 5.41) is 7.89. The number of carbonyl (C=O) groups is 3. The van der Waals surface area contributed by atoms with Crippen molar-refractivity contribution in [3.63, 3.8) is 0 Å². The first-order valence-electron chi connectivity index (χ1n) is 12.7. The SMILES string of the molecule is C=CC(=O)NCCOCC(COC)(COCCNC(=O)C=C)COCCNC(=O)C=C.CCC(C)CC. The van der Waals surface area contributed by atoms with Crippen LogP contribution in [0.3, 0.4) is 0 Å². The van der Waals surface area contributed by atoms with Crippen LogP contribution in [0.25, 0.3) is 0 Å². The van der Waals surface area contributed by atoms with Crippen LogP contribution in [0.1, 0.15) is 33.6 Å². The van der Waals surface area contributed by atoms with Gasteiger partial charge in [0.15, 0.2) is 0 Å². The summed E-state index contributed by atoms with van der Waals surface area (Å²) in [5.41, 5.74) is -0.623. The summed E-state index contributed by atoms with van der Waals surface area (Å²) in [6.07, 6.45) is 6.22. The van der Waals surface area contributed by atoms with Crippen molar-refractivity contribution in [1.82, 2.24) is 16.0 Å². The van der Waals surface area contributed by atoms with Gasteiger partial charge in [0.2, 0.25) is 17.7 Å². The second kappa shape index (κ2) is 25.1. The fourth-order valence-electron chi connectivity index (χ4n) is 2.67. The van der Waals surface area contributed by atoms with E-state index < -0.39 is 5.41 Å². The Bertz CT molecular complexity index is 578.